The highest BCUT2D eigenvalue weighted by Gasteiger charge is 2.14. The number of hydrogen-bond donors (Lipinski definition) is 1. The van der Waals surface area contributed by atoms with Crippen LogP contribution in [0.2, 0.25) is 0 Å². The molecule has 0 saturated heterocycles. The first kappa shape index (κ1) is 11.3. The van der Waals surface area contributed by atoms with E-state index in [2.05, 4.69) is 20.7 Å². The van der Waals surface area contributed by atoms with E-state index in [1.165, 1.54) is 11.9 Å². The van der Waals surface area contributed by atoms with Gasteiger partial charge in [-0.25, -0.2) is 10.5 Å². The lowest BCUT2D eigenvalue weighted by molar-refractivity contribution is 0.266. The minimum atomic E-state index is 0.498. The number of rotatable bonds is 4. The third kappa shape index (κ3) is 2.18. The first-order valence-electron chi connectivity index (χ1n) is 4.95. The van der Waals surface area contributed by atoms with E-state index in [1.807, 2.05) is 6.07 Å². The molecule has 0 aliphatic rings. The number of ether oxygens (including phenoxy) is 1. The maximum Gasteiger partial charge on any atom is 0.193 e. The lowest BCUT2D eigenvalue weighted by Crippen LogP contribution is -2.02. The molecule has 1 N–H and O–H groups in total. The molecule has 17 heavy (non-hydrogen) atoms. The Labute approximate surface area is 98.3 Å². The fraction of sp³-hybridized carbons (Fsp3) is 0.300. The molecule has 0 amide bonds. The van der Waals surface area contributed by atoms with Crippen molar-refractivity contribution in [2.75, 3.05) is 19.7 Å². The zero-order valence-corrected chi connectivity index (χ0v) is 9.84. The van der Waals surface area contributed by atoms with Crippen molar-refractivity contribution in [2.24, 2.45) is 7.05 Å². The molecule has 0 spiro atoms. The molecule has 2 rings (SSSR count). The second-order valence-corrected chi connectivity index (χ2v) is 3.27. The van der Waals surface area contributed by atoms with Crippen molar-refractivity contribution in [3.05, 3.63) is 18.5 Å². The Morgan fingerprint density at radius 2 is 2.18 bits per heavy atom. The molecule has 90 valence electrons. The summed E-state index contributed by atoms with van der Waals surface area (Å²) in [6.45, 7) is 0. The van der Waals surface area contributed by atoms with Crippen LogP contribution in [0.25, 0.3) is 11.3 Å². The van der Waals surface area contributed by atoms with Gasteiger partial charge in [-0.3, -0.25) is 4.84 Å². The number of anilines is 1. The van der Waals surface area contributed by atoms with Crippen LogP contribution in [-0.4, -0.2) is 34.2 Å². The summed E-state index contributed by atoms with van der Waals surface area (Å²) in [6.07, 6.45) is 3.31. The van der Waals surface area contributed by atoms with Crippen LogP contribution in [-0.2, 0) is 11.9 Å². The van der Waals surface area contributed by atoms with Crippen LogP contribution < -0.4 is 10.2 Å². The van der Waals surface area contributed by atoms with Crippen LogP contribution in [0.3, 0.4) is 0 Å². The SMILES string of the molecule is CONc1nccc(-c2cnn(C)n2)c1OC. The number of aromatic nitrogens is 4. The summed E-state index contributed by atoms with van der Waals surface area (Å²) >= 11 is 0. The zero-order valence-electron chi connectivity index (χ0n) is 9.84. The smallest absolute Gasteiger partial charge is 0.193 e. The average molecular weight is 235 g/mol. The summed E-state index contributed by atoms with van der Waals surface area (Å²) in [4.78, 5) is 10.4. The molecule has 0 fully saturated rings. The average Bonchev–Trinajstić information content (AvgIpc) is 2.76. The van der Waals surface area contributed by atoms with Gasteiger partial charge in [0.25, 0.3) is 0 Å². The highest BCUT2D eigenvalue weighted by molar-refractivity contribution is 5.72. The molecule has 0 radical (unpaired) electrons. The maximum atomic E-state index is 5.31. The van der Waals surface area contributed by atoms with Gasteiger partial charge >= 0.3 is 0 Å². The summed E-state index contributed by atoms with van der Waals surface area (Å²) in [6, 6.07) is 1.81. The monoisotopic (exact) mass is 235 g/mol. The van der Waals surface area contributed by atoms with Crippen molar-refractivity contribution in [1.29, 1.82) is 0 Å². The largest absolute Gasteiger partial charge is 0.492 e. The van der Waals surface area contributed by atoms with Crippen LogP contribution >= 0.6 is 0 Å². The third-order valence-corrected chi connectivity index (χ3v) is 2.18. The number of hydrogen-bond acceptors (Lipinski definition) is 6. The Kier molecular flexibility index (Phi) is 3.20. The highest BCUT2D eigenvalue weighted by Crippen LogP contribution is 2.33. The van der Waals surface area contributed by atoms with Crippen molar-refractivity contribution in [3.8, 4) is 17.0 Å². The molecular weight excluding hydrogens is 222 g/mol. The van der Waals surface area contributed by atoms with Crippen LogP contribution in [0.5, 0.6) is 5.75 Å². The summed E-state index contributed by atoms with van der Waals surface area (Å²) in [5, 5.41) is 8.24. The Bertz CT molecular complexity index is 511. The van der Waals surface area contributed by atoms with Gasteiger partial charge in [-0.2, -0.15) is 15.0 Å². The first-order valence-corrected chi connectivity index (χ1v) is 4.95. The molecule has 0 aromatic carbocycles. The van der Waals surface area contributed by atoms with Gasteiger partial charge in [-0.05, 0) is 6.07 Å². The number of nitrogens with one attached hydrogen (secondary N) is 1. The minimum Gasteiger partial charge on any atom is -0.492 e. The van der Waals surface area contributed by atoms with Gasteiger partial charge in [-0.1, -0.05) is 0 Å². The fourth-order valence-corrected chi connectivity index (χ4v) is 1.50. The molecular formula is C10H13N5O2. The zero-order chi connectivity index (χ0) is 12.3. The third-order valence-electron chi connectivity index (χ3n) is 2.18. The maximum absolute atomic E-state index is 5.31. The van der Waals surface area contributed by atoms with Crippen molar-refractivity contribution in [3.63, 3.8) is 0 Å². The van der Waals surface area contributed by atoms with Gasteiger partial charge in [0, 0.05) is 13.2 Å². The minimum absolute atomic E-state index is 0.498. The Balaban J connectivity index is 2.49. The van der Waals surface area contributed by atoms with Gasteiger partial charge in [0.2, 0.25) is 0 Å². The summed E-state index contributed by atoms with van der Waals surface area (Å²) in [7, 11) is 4.83. The summed E-state index contributed by atoms with van der Waals surface area (Å²) < 4.78 is 5.31. The molecule has 7 heteroatoms. The van der Waals surface area contributed by atoms with E-state index in [0.29, 0.717) is 17.3 Å². The second kappa shape index (κ2) is 4.79. The van der Waals surface area contributed by atoms with E-state index in [9.17, 15) is 0 Å². The van der Waals surface area contributed by atoms with E-state index in [0.717, 1.165) is 5.56 Å². The first-order chi connectivity index (χ1) is 8.26. The summed E-state index contributed by atoms with van der Waals surface area (Å²) in [5.41, 5.74) is 4.17. The van der Waals surface area contributed by atoms with Crippen molar-refractivity contribution in [1.82, 2.24) is 20.0 Å². The number of pyridine rings is 1. The van der Waals surface area contributed by atoms with E-state index in [-0.39, 0.29) is 0 Å². The van der Waals surface area contributed by atoms with E-state index in [1.54, 1.807) is 26.6 Å². The molecule has 2 aromatic rings. The Hall–Kier alpha value is -2.15. The van der Waals surface area contributed by atoms with E-state index < -0.39 is 0 Å². The summed E-state index contributed by atoms with van der Waals surface area (Å²) in [5.74, 6) is 1.06. The van der Waals surface area contributed by atoms with Gasteiger partial charge in [0.1, 0.15) is 5.69 Å². The van der Waals surface area contributed by atoms with Crippen molar-refractivity contribution < 1.29 is 9.57 Å². The standard InChI is InChI=1S/C10H13N5O2/c1-15-12-6-8(13-15)7-4-5-11-10(14-17-3)9(7)16-2/h4-6H,1-3H3,(H,11,14). The quantitative estimate of drug-likeness (QED) is 0.792. The lowest BCUT2D eigenvalue weighted by atomic mass is 10.2. The number of methoxy groups -OCH3 is 1. The van der Waals surface area contributed by atoms with Crippen molar-refractivity contribution >= 4 is 5.82 Å². The van der Waals surface area contributed by atoms with Crippen molar-refractivity contribution in [2.45, 2.75) is 0 Å². The van der Waals surface area contributed by atoms with Gasteiger partial charge in [0.15, 0.2) is 11.6 Å². The number of aryl methyl sites for hydroxylation is 1. The lowest BCUT2D eigenvalue weighted by Gasteiger charge is -2.10. The highest BCUT2D eigenvalue weighted by atomic mass is 16.6. The molecule has 0 saturated carbocycles. The molecule has 0 aliphatic heterocycles. The fourth-order valence-electron chi connectivity index (χ4n) is 1.50. The molecule has 0 unspecified atom stereocenters. The second-order valence-electron chi connectivity index (χ2n) is 3.27. The molecule has 0 bridgehead atoms. The van der Waals surface area contributed by atoms with Gasteiger partial charge < -0.3 is 4.74 Å². The molecule has 2 heterocycles. The van der Waals surface area contributed by atoms with Crippen LogP contribution in [0.4, 0.5) is 5.82 Å². The number of nitrogens with zero attached hydrogens (tertiary/aromatic N) is 4. The van der Waals surface area contributed by atoms with E-state index >= 15 is 0 Å². The van der Waals surface area contributed by atoms with Crippen LogP contribution in [0.15, 0.2) is 18.5 Å². The molecule has 0 atom stereocenters. The Morgan fingerprint density at radius 3 is 2.76 bits per heavy atom. The molecule has 2 aromatic heterocycles. The van der Waals surface area contributed by atoms with Gasteiger partial charge in [0.05, 0.1) is 26.0 Å². The predicted octanol–water partition coefficient (Wildman–Crippen LogP) is 0.859. The van der Waals surface area contributed by atoms with Gasteiger partial charge in [-0.15, -0.1) is 0 Å². The Morgan fingerprint density at radius 1 is 1.35 bits per heavy atom. The normalized spacial score (nSPS) is 10.3. The van der Waals surface area contributed by atoms with Crippen LogP contribution in [0.1, 0.15) is 0 Å². The predicted molar refractivity (Wildman–Crippen MR) is 61.4 cm³/mol. The van der Waals surface area contributed by atoms with Crippen LogP contribution in [0, 0.1) is 0 Å². The molecule has 7 nitrogen and oxygen atoms in total. The molecule has 0 aliphatic carbocycles. The topological polar surface area (TPSA) is 74.1 Å². The van der Waals surface area contributed by atoms with E-state index in [4.69, 9.17) is 9.57 Å².